The molecule has 0 aromatic heterocycles. The van der Waals surface area contributed by atoms with Crippen molar-refractivity contribution in [2.75, 3.05) is 27.2 Å². The Balaban J connectivity index is 2.68. The van der Waals surface area contributed by atoms with Crippen LogP contribution in [0.1, 0.15) is 24.2 Å². The number of hydrogen-bond donors (Lipinski definition) is 1. The minimum atomic E-state index is -0.141. The van der Waals surface area contributed by atoms with Gasteiger partial charge in [0.15, 0.2) is 0 Å². The van der Waals surface area contributed by atoms with E-state index < -0.39 is 0 Å². The summed E-state index contributed by atoms with van der Waals surface area (Å²) in [7, 11) is 4.05. The van der Waals surface area contributed by atoms with Crippen molar-refractivity contribution in [1.29, 1.82) is 0 Å². The van der Waals surface area contributed by atoms with Gasteiger partial charge in [-0.15, -0.1) is 0 Å². The van der Waals surface area contributed by atoms with Gasteiger partial charge in [-0.25, -0.2) is 0 Å². The monoisotopic (exact) mass is 346 g/mol. The van der Waals surface area contributed by atoms with Crippen LogP contribution in [0.25, 0.3) is 0 Å². The summed E-state index contributed by atoms with van der Waals surface area (Å²) in [5.74, 6) is -0.141. The SMILES string of the molecule is CN(C)CC(C)(C)CNC(=O)c1cc(Br)ccc1Cl. The number of amides is 1. The lowest BCUT2D eigenvalue weighted by Crippen LogP contribution is -2.40. The molecule has 0 atom stereocenters. The van der Waals surface area contributed by atoms with Crippen LogP contribution >= 0.6 is 27.5 Å². The van der Waals surface area contributed by atoms with E-state index in [1.54, 1.807) is 12.1 Å². The zero-order chi connectivity index (χ0) is 14.6. The van der Waals surface area contributed by atoms with Gasteiger partial charge in [0.1, 0.15) is 0 Å². The molecule has 1 aromatic carbocycles. The number of carbonyl (C=O) groups excluding carboxylic acids is 1. The van der Waals surface area contributed by atoms with Crippen molar-refractivity contribution in [3.8, 4) is 0 Å². The summed E-state index contributed by atoms with van der Waals surface area (Å²) in [4.78, 5) is 14.2. The van der Waals surface area contributed by atoms with Gasteiger partial charge in [-0.3, -0.25) is 4.79 Å². The van der Waals surface area contributed by atoms with Crippen molar-refractivity contribution in [2.24, 2.45) is 5.41 Å². The van der Waals surface area contributed by atoms with E-state index in [1.165, 1.54) is 0 Å². The molecule has 0 unspecified atom stereocenters. The van der Waals surface area contributed by atoms with Crippen molar-refractivity contribution in [2.45, 2.75) is 13.8 Å². The lowest BCUT2D eigenvalue weighted by molar-refractivity contribution is 0.0929. The first-order chi connectivity index (χ1) is 8.71. The van der Waals surface area contributed by atoms with Crippen LogP contribution in [0.15, 0.2) is 22.7 Å². The van der Waals surface area contributed by atoms with Crippen LogP contribution in [-0.2, 0) is 0 Å². The van der Waals surface area contributed by atoms with Crippen molar-refractivity contribution in [3.05, 3.63) is 33.3 Å². The fourth-order valence-corrected chi connectivity index (χ4v) is 2.56. The Hall–Kier alpha value is -0.580. The van der Waals surface area contributed by atoms with Gasteiger partial charge in [0.2, 0.25) is 0 Å². The van der Waals surface area contributed by atoms with Gasteiger partial charge in [-0.2, -0.15) is 0 Å². The van der Waals surface area contributed by atoms with Gasteiger partial charge in [-0.1, -0.05) is 41.4 Å². The third-order valence-electron chi connectivity index (χ3n) is 2.64. The number of hydrogen-bond acceptors (Lipinski definition) is 2. The highest BCUT2D eigenvalue weighted by Crippen LogP contribution is 2.21. The molecule has 1 aromatic rings. The smallest absolute Gasteiger partial charge is 0.252 e. The molecule has 0 bridgehead atoms. The maximum Gasteiger partial charge on any atom is 0.252 e. The molecule has 1 rings (SSSR count). The molecule has 3 nitrogen and oxygen atoms in total. The standard InChI is InChI=1S/C14H20BrClN2O/c1-14(2,9-18(3)4)8-17-13(19)11-7-10(15)5-6-12(11)16/h5-7H,8-9H2,1-4H3,(H,17,19). The lowest BCUT2D eigenvalue weighted by atomic mass is 9.93. The molecule has 0 aliphatic rings. The first-order valence-corrected chi connectivity index (χ1v) is 7.26. The number of nitrogens with one attached hydrogen (secondary N) is 1. The van der Waals surface area contributed by atoms with Gasteiger partial charge in [0.05, 0.1) is 10.6 Å². The van der Waals surface area contributed by atoms with E-state index in [0.29, 0.717) is 17.1 Å². The highest BCUT2D eigenvalue weighted by atomic mass is 79.9. The Kier molecular flexibility index (Phi) is 5.83. The second-order valence-electron chi connectivity index (χ2n) is 5.71. The molecule has 1 amide bonds. The van der Waals surface area contributed by atoms with Crippen molar-refractivity contribution < 1.29 is 4.79 Å². The number of nitrogens with zero attached hydrogens (tertiary/aromatic N) is 1. The summed E-state index contributed by atoms with van der Waals surface area (Å²) in [5, 5.41) is 3.41. The summed E-state index contributed by atoms with van der Waals surface area (Å²) in [6.45, 7) is 5.75. The molecule has 0 saturated carbocycles. The van der Waals surface area contributed by atoms with Gasteiger partial charge in [0.25, 0.3) is 5.91 Å². The van der Waals surface area contributed by atoms with Crippen LogP contribution in [0, 0.1) is 5.41 Å². The normalized spacial score (nSPS) is 11.7. The maximum atomic E-state index is 12.1. The van der Waals surface area contributed by atoms with Crippen LogP contribution in [0.5, 0.6) is 0 Å². The highest BCUT2D eigenvalue weighted by molar-refractivity contribution is 9.10. The van der Waals surface area contributed by atoms with E-state index in [1.807, 2.05) is 20.2 Å². The van der Waals surface area contributed by atoms with Crippen molar-refractivity contribution in [3.63, 3.8) is 0 Å². The molecule has 0 heterocycles. The molecule has 106 valence electrons. The topological polar surface area (TPSA) is 32.3 Å². The zero-order valence-corrected chi connectivity index (χ0v) is 14.1. The Morgan fingerprint density at radius 3 is 2.63 bits per heavy atom. The molecule has 1 N–H and O–H groups in total. The van der Waals surface area contributed by atoms with E-state index >= 15 is 0 Å². The maximum absolute atomic E-state index is 12.1. The fraction of sp³-hybridized carbons (Fsp3) is 0.500. The number of carbonyl (C=O) groups is 1. The predicted octanol–water partition coefficient (Wildman–Crippen LogP) is 3.42. The minimum Gasteiger partial charge on any atom is -0.351 e. The summed E-state index contributed by atoms with van der Waals surface area (Å²) in [5.41, 5.74) is 0.508. The van der Waals surface area contributed by atoms with Gasteiger partial charge in [0, 0.05) is 17.6 Å². The second-order valence-corrected chi connectivity index (χ2v) is 7.03. The molecule has 5 heteroatoms. The summed E-state index contributed by atoms with van der Waals surface area (Å²) < 4.78 is 0.842. The van der Waals surface area contributed by atoms with E-state index in [-0.39, 0.29) is 11.3 Å². The highest BCUT2D eigenvalue weighted by Gasteiger charge is 2.20. The van der Waals surface area contributed by atoms with Gasteiger partial charge >= 0.3 is 0 Å². The van der Waals surface area contributed by atoms with E-state index in [9.17, 15) is 4.79 Å². The average molecular weight is 348 g/mol. The lowest BCUT2D eigenvalue weighted by Gasteiger charge is -2.28. The summed E-state index contributed by atoms with van der Waals surface area (Å²) >= 11 is 9.38. The van der Waals surface area contributed by atoms with E-state index in [0.717, 1.165) is 11.0 Å². The molecule has 0 fully saturated rings. The molecule has 19 heavy (non-hydrogen) atoms. The largest absolute Gasteiger partial charge is 0.351 e. The minimum absolute atomic E-state index is 0.0116. The third-order valence-corrected chi connectivity index (χ3v) is 3.47. The van der Waals surface area contributed by atoms with Crippen LogP contribution < -0.4 is 5.32 Å². The van der Waals surface area contributed by atoms with Crippen molar-refractivity contribution in [1.82, 2.24) is 10.2 Å². The van der Waals surface area contributed by atoms with E-state index in [4.69, 9.17) is 11.6 Å². The quantitative estimate of drug-likeness (QED) is 0.885. The molecular formula is C14H20BrClN2O. The predicted molar refractivity (Wildman–Crippen MR) is 83.8 cm³/mol. The van der Waals surface area contributed by atoms with Crippen LogP contribution in [0.2, 0.25) is 5.02 Å². The Bertz CT molecular complexity index is 461. The fourth-order valence-electron chi connectivity index (χ4n) is 2.00. The zero-order valence-electron chi connectivity index (χ0n) is 11.8. The van der Waals surface area contributed by atoms with Crippen LogP contribution in [-0.4, -0.2) is 38.0 Å². The first-order valence-electron chi connectivity index (χ1n) is 6.09. The molecular weight excluding hydrogens is 328 g/mol. The molecule has 0 spiro atoms. The van der Waals surface area contributed by atoms with Gasteiger partial charge < -0.3 is 10.2 Å². The molecule has 0 aliphatic carbocycles. The Morgan fingerprint density at radius 2 is 2.05 bits per heavy atom. The van der Waals surface area contributed by atoms with Crippen LogP contribution in [0.4, 0.5) is 0 Å². The first kappa shape index (κ1) is 16.5. The van der Waals surface area contributed by atoms with E-state index in [2.05, 4.69) is 40.0 Å². The molecule has 0 aliphatic heterocycles. The van der Waals surface area contributed by atoms with Crippen LogP contribution in [0.3, 0.4) is 0 Å². The average Bonchev–Trinajstić information content (AvgIpc) is 2.27. The summed E-state index contributed by atoms with van der Waals surface area (Å²) in [6.07, 6.45) is 0. The number of halogens is 2. The number of benzene rings is 1. The molecule has 0 saturated heterocycles. The molecule has 0 radical (unpaired) electrons. The number of rotatable bonds is 5. The Morgan fingerprint density at radius 1 is 1.42 bits per heavy atom. The summed E-state index contributed by atoms with van der Waals surface area (Å²) in [6, 6.07) is 5.26. The van der Waals surface area contributed by atoms with Crippen molar-refractivity contribution >= 4 is 33.4 Å². The third kappa shape index (κ3) is 5.51. The Labute approximate surface area is 128 Å². The second kappa shape index (κ2) is 6.73. The van der Waals surface area contributed by atoms with Gasteiger partial charge in [-0.05, 0) is 37.7 Å².